The van der Waals surface area contributed by atoms with Crippen LogP contribution in [0, 0.1) is 5.92 Å². The van der Waals surface area contributed by atoms with Gasteiger partial charge in [-0.05, 0) is 25.7 Å². The number of hydrogen-bond acceptors (Lipinski definition) is 3. The average molecular weight is 236 g/mol. The van der Waals surface area contributed by atoms with Crippen LogP contribution >= 0.6 is 0 Å². The summed E-state index contributed by atoms with van der Waals surface area (Å²) in [4.78, 5) is 0. The van der Waals surface area contributed by atoms with Gasteiger partial charge in [0.1, 0.15) is 0 Å². The molecule has 1 heterocycles. The molecule has 0 bridgehead atoms. The van der Waals surface area contributed by atoms with E-state index in [1.807, 2.05) is 0 Å². The molecule has 2 N–H and O–H groups in total. The van der Waals surface area contributed by atoms with Crippen LogP contribution in [0.2, 0.25) is 0 Å². The van der Waals surface area contributed by atoms with Gasteiger partial charge in [0.2, 0.25) is 0 Å². The topological polar surface area (TPSA) is 69.6 Å². The molecule has 1 saturated heterocycles. The molecular formula is C9H20N2O3S. The zero-order valence-electron chi connectivity index (χ0n) is 9.31. The lowest BCUT2D eigenvalue weighted by molar-refractivity contribution is 0.196. The molecule has 0 amide bonds. The van der Waals surface area contributed by atoms with Gasteiger partial charge in [-0.2, -0.15) is 17.4 Å². The van der Waals surface area contributed by atoms with Gasteiger partial charge < -0.3 is 5.11 Å². The molecule has 15 heavy (non-hydrogen) atoms. The highest BCUT2D eigenvalue weighted by atomic mass is 32.2. The van der Waals surface area contributed by atoms with Crippen molar-refractivity contribution in [3.05, 3.63) is 0 Å². The maximum Gasteiger partial charge on any atom is 0.279 e. The molecule has 90 valence electrons. The van der Waals surface area contributed by atoms with E-state index in [0.29, 0.717) is 19.0 Å². The first-order chi connectivity index (χ1) is 6.92. The second kappa shape index (κ2) is 5.25. The van der Waals surface area contributed by atoms with Crippen molar-refractivity contribution in [2.24, 2.45) is 5.92 Å². The van der Waals surface area contributed by atoms with E-state index in [9.17, 15) is 8.42 Å². The summed E-state index contributed by atoms with van der Waals surface area (Å²) in [6, 6.07) is 0. The summed E-state index contributed by atoms with van der Waals surface area (Å²) in [6.07, 6.45) is 1.35. The van der Waals surface area contributed by atoms with Gasteiger partial charge in [-0.25, -0.2) is 0 Å². The minimum atomic E-state index is -3.39. The molecule has 5 nitrogen and oxygen atoms in total. The van der Waals surface area contributed by atoms with Crippen LogP contribution in [0.1, 0.15) is 26.7 Å². The van der Waals surface area contributed by atoms with Crippen molar-refractivity contribution in [1.29, 1.82) is 0 Å². The molecule has 1 rings (SSSR count). The summed E-state index contributed by atoms with van der Waals surface area (Å²) < 4.78 is 27.3. The first-order valence-electron chi connectivity index (χ1n) is 5.34. The van der Waals surface area contributed by atoms with Crippen LogP contribution in [0.25, 0.3) is 0 Å². The number of piperidine rings is 1. The van der Waals surface area contributed by atoms with E-state index in [0.717, 1.165) is 12.8 Å². The van der Waals surface area contributed by atoms with Crippen LogP contribution in [-0.2, 0) is 10.2 Å². The van der Waals surface area contributed by atoms with E-state index in [1.54, 1.807) is 6.92 Å². The summed E-state index contributed by atoms with van der Waals surface area (Å²) in [6.45, 7) is 4.85. The number of aliphatic hydroxyl groups excluding tert-OH is 1. The highest BCUT2D eigenvalue weighted by Crippen LogP contribution is 2.17. The van der Waals surface area contributed by atoms with Gasteiger partial charge in [-0.1, -0.05) is 6.92 Å². The fourth-order valence-corrected chi connectivity index (χ4v) is 3.14. The van der Waals surface area contributed by atoms with Crippen LogP contribution in [0.15, 0.2) is 0 Å². The van der Waals surface area contributed by atoms with Crippen molar-refractivity contribution in [2.45, 2.75) is 32.8 Å². The highest BCUT2D eigenvalue weighted by molar-refractivity contribution is 7.87. The minimum absolute atomic E-state index is 0.0766. The highest BCUT2D eigenvalue weighted by Gasteiger charge is 2.26. The lowest BCUT2D eigenvalue weighted by Gasteiger charge is -2.30. The van der Waals surface area contributed by atoms with Crippen LogP contribution in [0.4, 0.5) is 0 Å². The molecule has 6 heteroatoms. The fraction of sp³-hybridized carbons (Fsp3) is 1.00. The van der Waals surface area contributed by atoms with Gasteiger partial charge in [-0.3, -0.25) is 0 Å². The van der Waals surface area contributed by atoms with Gasteiger partial charge >= 0.3 is 0 Å². The molecule has 0 aliphatic carbocycles. The van der Waals surface area contributed by atoms with Crippen molar-refractivity contribution in [2.75, 3.05) is 19.6 Å². The monoisotopic (exact) mass is 236 g/mol. The number of rotatable bonds is 4. The average Bonchev–Trinajstić information content (AvgIpc) is 2.15. The molecule has 1 aliphatic rings. The number of aliphatic hydroxyl groups is 1. The van der Waals surface area contributed by atoms with Crippen molar-refractivity contribution in [3.63, 3.8) is 0 Å². The molecule has 2 atom stereocenters. The molecule has 1 aliphatic heterocycles. The number of nitrogens with one attached hydrogen (secondary N) is 1. The standard InChI is InChI=1S/C9H20N2O3S/c1-8-4-3-5-11(7-8)15(13,14)10-6-9(2)12/h8-10,12H,3-7H2,1-2H3. The Balaban J connectivity index is 2.52. The number of nitrogens with zero attached hydrogens (tertiary/aromatic N) is 1. The summed E-state index contributed by atoms with van der Waals surface area (Å²) in [5.74, 6) is 0.418. The molecule has 0 saturated carbocycles. The predicted molar refractivity (Wildman–Crippen MR) is 58.6 cm³/mol. The van der Waals surface area contributed by atoms with Crippen molar-refractivity contribution in [3.8, 4) is 0 Å². The molecule has 2 unspecified atom stereocenters. The second-order valence-corrected chi connectivity index (χ2v) is 6.06. The normalized spacial score (nSPS) is 26.5. The van der Waals surface area contributed by atoms with Gasteiger partial charge in [0.25, 0.3) is 10.2 Å². The lowest BCUT2D eigenvalue weighted by Crippen LogP contribution is -2.47. The zero-order valence-corrected chi connectivity index (χ0v) is 10.1. The van der Waals surface area contributed by atoms with Crippen LogP contribution in [-0.4, -0.2) is 43.6 Å². The minimum Gasteiger partial charge on any atom is -0.392 e. The van der Waals surface area contributed by atoms with Crippen LogP contribution < -0.4 is 4.72 Å². The molecular weight excluding hydrogens is 216 g/mol. The van der Waals surface area contributed by atoms with E-state index < -0.39 is 16.3 Å². The van der Waals surface area contributed by atoms with Crippen molar-refractivity contribution < 1.29 is 13.5 Å². The van der Waals surface area contributed by atoms with E-state index in [4.69, 9.17) is 5.11 Å². The van der Waals surface area contributed by atoms with Crippen molar-refractivity contribution >= 4 is 10.2 Å². The number of hydrogen-bond donors (Lipinski definition) is 2. The van der Waals surface area contributed by atoms with E-state index in [1.165, 1.54) is 4.31 Å². The molecule has 1 fully saturated rings. The summed E-state index contributed by atoms with van der Waals surface area (Å²) in [5.41, 5.74) is 0. The first-order valence-corrected chi connectivity index (χ1v) is 6.78. The molecule has 0 radical (unpaired) electrons. The zero-order chi connectivity index (χ0) is 11.5. The Bertz CT molecular complexity index is 290. The largest absolute Gasteiger partial charge is 0.392 e. The summed E-state index contributed by atoms with van der Waals surface area (Å²) >= 11 is 0. The Morgan fingerprint density at radius 3 is 2.80 bits per heavy atom. The van der Waals surface area contributed by atoms with Gasteiger partial charge in [-0.15, -0.1) is 0 Å². The molecule has 0 aromatic rings. The lowest BCUT2D eigenvalue weighted by atomic mass is 10.0. The van der Waals surface area contributed by atoms with Crippen LogP contribution in [0.5, 0.6) is 0 Å². The predicted octanol–water partition coefficient (Wildman–Crippen LogP) is -0.0665. The third-order valence-corrected chi connectivity index (χ3v) is 4.06. The van der Waals surface area contributed by atoms with Gasteiger partial charge in [0, 0.05) is 19.6 Å². The summed E-state index contributed by atoms with van der Waals surface area (Å²) in [7, 11) is -3.39. The Morgan fingerprint density at radius 1 is 1.60 bits per heavy atom. The van der Waals surface area contributed by atoms with E-state index >= 15 is 0 Å². The first kappa shape index (κ1) is 12.9. The molecule has 0 spiro atoms. The van der Waals surface area contributed by atoms with E-state index in [2.05, 4.69) is 11.6 Å². The smallest absolute Gasteiger partial charge is 0.279 e. The second-order valence-electron chi connectivity index (χ2n) is 4.31. The van der Waals surface area contributed by atoms with E-state index in [-0.39, 0.29) is 6.54 Å². The van der Waals surface area contributed by atoms with Crippen molar-refractivity contribution in [1.82, 2.24) is 9.03 Å². The third-order valence-electron chi connectivity index (χ3n) is 2.52. The van der Waals surface area contributed by atoms with Gasteiger partial charge in [0.05, 0.1) is 6.10 Å². The molecule has 0 aromatic heterocycles. The van der Waals surface area contributed by atoms with Gasteiger partial charge in [0.15, 0.2) is 0 Å². The Kier molecular flexibility index (Phi) is 4.51. The SMILES string of the molecule is CC(O)CNS(=O)(=O)N1CCCC(C)C1. The maximum atomic E-state index is 11.7. The third kappa shape index (κ3) is 4.06. The Hall–Kier alpha value is -0.170. The maximum absolute atomic E-state index is 11.7. The summed E-state index contributed by atoms with van der Waals surface area (Å²) in [5, 5.41) is 9.02. The Morgan fingerprint density at radius 2 is 2.27 bits per heavy atom. The fourth-order valence-electron chi connectivity index (χ4n) is 1.68. The Labute approximate surface area is 91.7 Å². The molecule has 0 aromatic carbocycles. The van der Waals surface area contributed by atoms with Crippen LogP contribution in [0.3, 0.4) is 0 Å². The quantitative estimate of drug-likeness (QED) is 0.718.